The molecule has 1 aromatic rings. The van der Waals surface area contributed by atoms with E-state index in [4.69, 9.17) is 10.00 Å². The molecule has 1 aliphatic heterocycles. The Morgan fingerprint density at radius 3 is 2.88 bits per heavy atom. The van der Waals surface area contributed by atoms with Gasteiger partial charge in [-0.2, -0.15) is 5.26 Å². The largest absolute Gasteiger partial charge is 0.485 e. The highest BCUT2D eigenvalue weighted by atomic mass is 16.5. The molecule has 0 spiro atoms. The summed E-state index contributed by atoms with van der Waals surface area (Å²) in [7, 11) is 2.11. The summed E-state index contributed by atoms with van der Waals surface area (Å²) in [5, 5.41) is 9.04. The molecule has 2 rings (SSSR count). The number of rotatable bonds is 2. The van der Waals surface area contributed by atoms with Crippen LogP contribution < -0.4 is 4.74 Å². The summed E-state index contributed by atoms with van der Waals surface area (Å²) in [6, 6.07) is 9.62. The minimum absolute atomic E-state index is 0.181. The van der Waals surface area contributed by atoms with Gasteiger partial charge < -0.3 is 9.64 Å². The second-order valence-electron chi connectivity index (χ2n) is 5.00. The zero-order valence-corrected chi connectivity index (χ0v) is 10.4. The van der Waals surface area contributed by atoms with Crippen molar-refractivity contribution in [2.45, 2.75) is 25.4 Å². The molecule has 1 aliphatic rings. The molecular formula is C14H18N2O. The van der Waals surface area contributed by atoms with Gasteiger partial charge in [0, 0.05) is 6.54 Å². The molecule has 90 valence electrons. The molecule has 0 aliphatic carbocycles. The first kappa shape index (κ1) is 11.9. The number of nitrogens with zero attached hydrogens (tertiary/aromatic N) is 2. The highest BCUT2D eigenvalue weighted by molar-refractivity contribution is 5.42. The van der Waals surface area contributed by atoms with Crippen molar-refractivity contribution < 1.29 is 4.74 Å². The highest BCUT2D eigenvalue weighted by Crippen LogP contribution is 2.28. The molecule has 1 saturated heterocycles. The summed E-state index contributed by atoms with van der Waals surface area (Å²) < 4.78 is 6.07. The fourth-order valence-electron chi connectivity index (χ4n) is 2.45. The second-order valence-corrected chi connectivity index (χ2v) is 5.00. The molecule has 0 amide bonds. The third kappa shape index (κ3) is 2.78. The molecule has 1 aromatic carbocycles. The van der Waals surface area contributed by atoms with Gasteiger partial charge in [-0.1, -0.05) is 12.1 Å². The van der Waals surface area contributed by atoms with Crippen LogP contribution in [0.15, 0.2) is 24.3 Å². The molecule has 1 fully saturated rings. The molecule has 1 heterocycles. The number of benzene rings is 1. The summed E-state index contributed by atoms with van der Waals surface area (Å²) in [5.41, 5.74) is 0.432. The van der Waals surface area contributed by atoms with Gasteiger partial charge in [0.2, 0.25) is 0 Å². The van der Waals surface area contributed by atoms with Crippen LogP contribution in [0.2, 0.25) is 0 Å². The third-order valence-corrected chi connectivity index (χ3v) is 3.21. The van der Waals surface area contributed by atoms with Crippen molar-refractivity contribution in [3.05, 3.63) is 29.8 Å². The van der Waals surface area contributed by atoms with Gasteiger partial charge in [0.05, 0.1) is 5.56 Å². The Balaban J connectivity index is 2.17. The fraction of sp³-hybridized carbons (Fsp3) is 0.500. The lowest BCUT2D eigenvalue weighted by atomic mass is 9.95. The van der Waals surface area contributed by atoms with Gasteiger partial charge in [0.15, 0.2) is 0 Å². The van der Waals surface area contributed by atoms with Crippen molar-refractivity contribution in [3.63, 3.8) is 0 Å². The van der Waals surface area contributed by atoms with E-state index in [1.54, 1.807) is 6.07 Å². The smallest absolute Gasteiger partial charge is 0.137 e. The lowest BCUT2D eigenvalue weighted by Crippen LogP contribution is -2.48. The Morgan fingerprint density at radius 2 is 2.18 bits per heavy atom. The topological polar surface area (TPSA) is 36.3 Å². The van der Waals surface area contributed by atoms with Crippen molar-refractivity contribution in [1.29, 1.82) is 5.26 Å². The van der Waals surface area contributed by atoms with Crippen molar-refractivity contribution in [1.82, 2.24) is 4.90 Å². The first-order valence-corrected chi connectivity index (χ1v) is 6.00. The van der Waals surface area contributed by atoms with Gasteiger partial charge in [-0.05, 0) is 45.5 Å². The van der Waals surface area contributed by atoms with Gasteiger partial charge in [0.1, 0.15) is 17.4 Å². The number of likely N-dealkylation sites (N-methyl/N-ethyl adjacent to an activating group) is 1. The summed E-state index contributed by atoms with van der Waals surface area (Å²) in [6.45, 7) is 4.16. The minimum atomic E-state index is -0.181. The number of hydrogen-bond donors (Lipinski definition) is 0. The first-order valence-electron chi connectivity index (χ1n) is 6.00. The van der Waals surface area contributed by atoms with Crippen LogP contribution >= 0.6 is 0 Å². The van der Waals surface area contributed by atoms with Gasteiger partial charge in [-0.3, -0.25) is 0 Å². The van der Waals surface area contributed by atoms with E-state index >= 15 is 0 Å². The Kier molecular flexibility index (Phi) is 3.35. The van der Waals surface area contributed by atoms with Crippen molar-refractivity contribution in [3.8, 4) is 11.8 Å². The van der Waals surface area contributed by atoms with Crippen LogP contribution in [0.5, 0.6) is 5.75 Å². The lowest BCUT2D eigenvalue weighted by molar-refractivity contribution is 0.0153. The predicted octanol–water partition coefficient (Wildman–Crippen LogP) is 2.42. The molecule has 3 nitrogen and oxygen atoms in total. The quantitative estimate of drug-likeness (QED) is 0.783. The van der Waals surface area contributed by atoms with E-state index in [1.807, 2.05) is 18.2 Å². The van der Waals surface area contributed by atoms with E-state index in [9.17, 15) is 0 Å². The molecule has 0 N–H and O–H groups in total. The maximum Gasteiger partial charge on any atom is 0.137 e. The summed E-state index contributed by atoms with van der Waals surface area (Å²) in [4.78, 5) is 2.28. The van der Waals surface area contributed by atoms with E-state index in [-0.39, 0.29) is 5.60 Å². The molecule has 0 aromatic heterocycles. The van der Waals surface area contributed by atoms with Crippen molar-refractivity contribution in [2.75, 3.05) is 20.1 Å². The minimum Gasteiger partial charge on any atom is -0.485 e. The third-order valence-electron chi connectivity index (χ3n) is 3.21. The van der Waals surface area contributed by atoms with Gasteiger partial charge >= 0.3 is 0 Å². The predicted molar refractivity (Wildman–Crippen MR) is 66.9 cm³/mol. The number of para-hydroxylation sites is 1. The maximum atomic E-state index is 9.04. The second kappa shape index (κ2) is 4.77. The number of nitriles is 1. The van der Waals surface area contributed by atoms with Crippen LogP contribution in [0, 0.1) is 11.3 Å². The number of likely N-dealkylation sites (tertiary alicyclic amines) is 1. The average Bonchev–Trinajstić information content (AvgIpc) is 2.29. The summed E-state index contributed by atoms with van der Waals surface area (Å²) in [5.74, 6) is 0.702. The van der Waals surface area contributed by atoms with Crippen molar-refractivity contribution in [2.24, 2.45) is 0 Å². The van der Waals surface area contributed by atoms with Crippen LogP contribution in [0.25, 0.3) is 0 Å². The summed E-state index contributed by atoms with van der Waals surface area (Å²) >= 11 is 0. The summed E-state index contributed by atoms with van der Waals surface area (Å²) in [6.07, 6.45) is 2.18. The fourth-order valence-corrected chi connectivity index (χ4v) is 2.45. The molecule has 17 heavy (non-hydrogen) atoms. The molecule has 1 unspecified atom stereocenters. The van der Waals surface area contributed by atoms with E-state index in [0.717, 1.165) is 25.9 Å². The lowest BCUT2D eigenvalue weighted by Gasteiger charge is -2.39. The zero-order chi connectivity index (χ0) is 12.3. The number of hydrogen-bond acceptors (Lipinski definition) is 3. The Morgan fingerprint density at radius 1 is 1.41 bits per heavy atom. The zero-order valence-electron chi connectivity index (χ0n) is 10.4. The van der Waals surface area contributed by atoms with Gasteiger partial charge in [-0.15, -0.1) is 0 Å². The average molecular weight is 230 g/mol. The molecule has 0 saturated carbocycles. The van der Waals surface area contributed by atoms with E-state index in [2.05, 4.69) is 24.9 Å². The Hall–Kier alpha value is -1.53. The number of ether oxygens (including phenoxy) is 1. The van der Waals surface area contributed by atoms with Crippen molar-refractivity contribution >= 4 is 0 Å². The maximum absolute atomic E-state index is 9.04. The first-order chi connectivity index (χ1) is 8.13. The van der Waals surface area contributed by atoms with Gasteiger partial charge in [0.25, 0.3) is 0 Å². The van der Waals surface area contributed by atoms with Crippen LogP contribution in [-0.4, -0.2) is 30.6 Å². The Bertz CT molecular complexity index is 438. The molecule has 3 heteroatoms. The molecule has 0 bridgehead atoms. The molecular weight excluding hydrogens is 212 g/mol. The monoisotopic (exact) mass is 230 g/mol. The Labute approximate surface area is 103 Å². The molecule has 1 atom stereocenters. The van der Waals surface area contributed by atoms with Crippen LogP contribution in [0.3, 0.4) is 0 Å². The van der Waals surface area contributed by atoms with E-state index in [1.165, 1.54) is 0 Å². The number of piperidine rings is 1. The van der Waals surface area contributed by atoms with Crippen LogP contribution in [-0.2, 0) is 0 Å². The van der Waals surface area contributed by atoms with Gasteiger partial charge in [-0.25, -0.2) is 0 Å². The highest BCUT2D eigenvalue weighted by Gasteiger charge is 2.31. The van der Waals surface area contributed by atoms with E-state index < -0.39 is 0 Å². The SMILES string of the molecule is CN1CCCC(C)(Oc2ccccc2C#N)C1. The van der Waals surface area contributed by atoms with Crippen LogP contribution in [0.4, 0.5) is 0 Å². The normalized spacial score (nSPS) is 25.2. The van der Waals surface area contributed by atoms with E-state index in [0.29, 0.717) is 11.3 Å². The molecule has 0 radical (unpaired) electrons. The van der Waals surface area contributed by atoms with Crippen LogP contribution in [0.1, 0.15) is 25.3 Å². The standard InChI is InChI=1S/C14H18N2O/c1-14(8-5-9-16(2)11-14)17-13-7-4-3-6-12(13)10-15/h3-4,6-7H,5,8-9,11H2,1-2H3.